The van der Waals surface area contributed by atoms with Gasteiger partial charge in [-0.05, 0) is 48.6 Å². The smallest absolute Gasteiger partial charge is 0.266 e. The second kappa shape index (κ2) is 9.24. The number of rotatable bonds is 5. The fourth-order valence-corrected chi connectivity index (χ4v) is 5.06. The number of nitrogens with zero attached hydrogens (tertiary/aromatic N) is 7. The number of hydrogen-bond donors (Lipinski definition) is 1. The predicted octanol–water partition coefficient (Wildman–Crippen LogP) is 4.53. The first-order valence-electron chi connectivity index (χ1n) is 12.1. The van der Waals surface area contributed by atoms with Gasteiger partial charge in [-0.3, -0.25) is 4.79 Å². The largest absolute Gasteiger partial charge is 0.363 e. The Morgan fingerprint density at radius 2 is 1.84 bits per heavy atom. The third-order valence-electron chi connectivity index (χ3n) is 7.31. The lowest BCUT2D eigenvalue weighted by atomic mass is 9.74. The molecule has 3 aromatic heterocycles. The van der Waals surface area contributed by atoms with Crippen molar-refractivity contribution in [3.8, 4) is 0 Å². The van der Waals surface area contributed by atoms with Crippen molar-refractivity contribution in [3.63, 3.8) is 0 Å². The SMILES string of the molecule is CC(=O)N1CCC(C)(c2cc3c(N[C@H](C)c4cccc(C(F)F)c4F)nc(C)nc3n3nnnc23)CC1. The molecule has 1 amide bonds. The van der Waals surface area contributed by atoms with Gasteiger partial charge >= 0.3 is 0 Å². The molecule has 4 heterocycles. The van der Waals surface area contributed by atoms with E-state index in [2.05, 4.69) is 37.7 Å². The van der Waals surface area contributed by atoms with Crippen molar-refractivity contribution < 1.29 is 18.0 Å². The van der Waals surface area contributed by atoms with Gasteiger partial charge in [-0.1, -0.05) is 25.1 Å². The van der Waals surface area contributed by atoms with Crippen molar-refractivity contribution in [2.45, 2.75) is 58.4 Å². The van der Waals surface area contributed by atoms with Crippen LogP contribution < -0.4 is 5.32 Å². The third kappa shape index (κ3) is 4.34. The summed E-state index contributed by atoms with van der Waals surface area (Å²) < 4.78 is 43.0. The number of benzene rings is 1. The molecule has 4 aromatic rings. The van der Waals surface area contributed by atoms with E-state index in [9.17, 15) is 18.0 Å². The number of piperidine rings is 1. The third-order valence-corrected chi connectivity index (χ3v) is 7.31. The molecule has 0 bridgehead atoms. The quantitative estimate of drug-likeness (QED) is 0.419. The van der Waals surface area contributed by atoms with Crippen molar-refractivity contribution in [1.29, 1.82) is 0 Å². The van der Waals surface area contributed by atoms with Gasteiger partial charge < -0.3 is 10.2 Å². The van der Waals surface area contributed by atoms with E-state index in [-0.39, 0.29) is 16.9 Å². The number of tetrazole rings is 1. The van der Waals surface area contributed by atoms with Crippen molar-refractivity contribution >= 4 is 28.4 Å². The van der Waals surface area contributed by atoms with Crippen LogP contribution >= 0.6 is 0 Å². The Morgan fingerprint density at radius 1 is 1.14 bits per heavy atom. The highest BCUT2D eigenvalue weighted by molar-refractivity contribution is 5.90. The van der Waals surface area contributed by atoms with Gasteiger partial charge in [-0.25, -0.2) is 23.1 Å². The van der Waals surface area contributed by atoms with Gasteiger partial charge in [0.25, 0.3) is 6.43 Å². The number of fused-ring (bicyclic) bond motifs is 3. The van der Waals surface area contributed by atoms with Gasteiger partial charge in [0, 0.05) is 31.1 Å². The minimum absolute atomic E-state index is 0.0438. The van der Waals surface area contributed by atoms with E-state index in [0.717, 1.165) is 24.5 Å². The summed E-state index contributed by atoms with van der Waals surface area (Å²) in [5, 5.41) is 16.1. The summed E-state index contributed by atoms with van der Waals surface area (Å²) >= 11 is 0. The molecule has 0 spiro atoms. The molecule has 5 rings (SSSR count). The molecule has 1 saturated heterocycles. The van der Waals surface area contributed by atoms with Crippen molar-refractivity contribution in [2.75, 3.05) is 18.4 Å². The number of carbonyl (C=O) groups is 1. The molecule has 0 aliphatic carbocycles. The lowest BCUT2D eigenvalue weighted by molar-refractivity contribution is -0.130. The highest BCUT2D eigenvalue weighted by Crippen LogP contribution is 2.39. The zero-order chi connectivity index (χ0) is 26.5. The highest BCUT2D eigenvalue weighted by atomic mass is 19.3. The first-order valence-corrected chi connectivity index (χ1v) is 12.1. The molecule has 9 nitrogen and oxygen atoms in total. The molecule has 1 aliphatic rings. The normalized spacial score (nSPS) is 16.5. The number of anilines is 1. The summed E-state index contributed by atoms with van der Waals surface area (Å²) in [7, 11) is 0. The molecule has 1 N–H and O–H groups in total. The Bertz CT molecular complexity index is 1500. The van der Waals surface area contributed by atoms with E-state index in [0.29, 0.717) is 41.4 Å². The molecule has 194 valence electrons. The number of likely N-dealkylation sites (tertiary alicyclic amines) is 1. The zero-order valence-electron chi connectivity index (χ0n) is 21.0. The van der Waals surface area contributed by atoms with Crippen molar-refractivity contribution in [3.05, 3.63) is 52.6 Å². The molecule has 1 aromatic carbocycles. The van der Waals surface area contributed by atoms with Gasteiger partial charge in [0.15, 0.2) is 11.3 Å². The first-order chi connectivity index (χ1) is 17.6. The van der Waals surface area contributed by atoms with E-state index < -0.39 is 23.8 Å². The number of aryl methyl sites for hydroxylation is 1. The van der Waals surface area contributed by atoms with Crippen LogP contribution in [0.25, 0.3) is 16.7 Å². The van der Waals surface area contributed by atoms with Crippen LogP contribution in [-0.2, 0) is 10.2 Å². The maximum Gasteiger partial charge on any atom is 0.266 e. The monoisotopic (exact) mass is 512 g/mol. The number of hydrogen-bond acceptors (Lipinski definition) is 7. The molecule has 1 fully saturated rings. The van der Waals surface area contributed by atoms with Crippen LogP contribution in [0.2, 0.25) is 0 Å². The second-order valence-corrected chi connectivity index (χ2v) is 9.81. The van der Waals surface area contributed by atoms with Gasteiger partial charge in [-0.2, -0.15) is 4.52 Å². The van der Waals surface area contributed by atoms with E-state index in [1.165, 1.54) is 12.1 Å². The number of amides is 1. The Hall–Kier alpha value is -3.83. The zero-order valence-corrected chi connectivity index (χ0v) is 21.0. The molecule has 0 radical (unpaired) electrons. The van der Waals surface area contributed by atoms with Crippen LogP contribution in [0.4, 0.5) is 19.0 Å². The highest BCUT2D eigenvalue weighted by Gasteiger charge is 2.36. The standard InChI is InChI=1S/C25H27F3N8O/c1-13(16-6-5-7-17(20(16)26)21(27)28)29-22-18-12-19(25(4)8-10-35(11-9-25)15(3)37)24-32-33-34-36(24)23(18)31-14(2)30-22/h5-7,12-13,21H,8-11H2,1-4H3,(H,29,30,31)/t13-/m1/s1. The first kappa shape index (κ1) is 24.8. The van der Waals surface area contributed by atoms with E-state index in [1.807, 2.05) is 11.0 Å². The lowest BCUT2D eigenvalue weighted by Gasteiger charge is -2.39. The van der Waals surface area contributed by atoms with Crippen LogP contribution in [0, 0.1) is 12.7 Å². The minimum Gasteiger partial charge on any atom is -0.363 e. The number of pyridine rings is 1. The van der Waals surface area contributed by atoms with E-state index >= 15 is 0 Å². The van der Waals surface area contributed by atoms with Crippen molar-refractivity contribution in [2.24, 2.45) is 0 Å². The van der Waals surface area contributed by atoms with Gasteiger partial charge in [0.1, 0.15) is 17.5 Å². The predicted molar refractivity (Wildman–Crippen MR) is 131 cm³/mol. The Balaban J connectivity index is 1.61. The number of alkyl halides is 2. The van der Waals surface area contributed by atoms with Gasteiger partial charge in [0.05, 0.1) is 17.0 Å². The fraction of sp³-hybridized carbons (Fsp3) is 0.440. The summed E-state index contributed by atoms with van der Waals surface area (Å²) in [4.78, 5) is 22.8. The molecular weight excluding hydrogens is 485 g/mol. The summed E-state index contributed by atoms with van der Waals surface area (Å²) in [6.45, 7) is 8.32. The van der Waals surface area contributed by atoms with E-state index in [1.54, 1.807) is 25.3 Å². The molecule has 1 atom stereocenters. The molecule has 1 aliphatic heterocycles. The van der Waals surface area contributed by atoms with Crippen LogP contribution in [0.15, 0.2) is 24.3 Å². The summed E-state index contributed by atoms with van der Waals surface area (Å²) in [6, 6.07) is 5.26. The molecular formula is C25H27F3N8O. The van der Waals surface area contributed by atoms with E-state index in [4.69, 9.17) is 0 Å². The summed E-state index contributed by atoms with van der Waals surface area (Å²) in [5.74, 6) is -0.0435. The topological polar surface area (TPSA) is 101 Å². The fourth-order valence-electron chi connectivity index (χ4n) is 5.06. The van der Waals surface area contributed by atoms with Gasteiger partial charge in [-0.15, -0.1) is 5.10 Å². The molecule has 12 heteroatoms. The lowest BCUT2D eigenvalue weighted by Crippen LogP contribution is -2.43. The molecule has 37 heavy (non-hydrogen) atoms. The second-order valence-electron chi connectivity index (χ2n) is 9.81. The maximum atomic E-state index is 14.9. The summed E-state index contributed by atoms with van der Waals surface area (Å²) in [6.07, 6.45) is -1.48. The number of carbonyl (C=O) groups excluding carboxylic acids is 1. The average Bonchev–Trinajstić information content (AvgIpc) is 3.34. The minimum atomic E-state index is -2.92. The van der Waals surface area contributed by atoms with Crippen LogP contribution in [0.5, 0.6) is 0 Å². The maximum absolute atomic E-state index is 14.9. The molecule has 0 unspecified atom stereocenters. The van der Waals surface area contributed by atoms with Crippen LogP contribution in [0.3, 0.4) is 0 Å². The van der Waals surface area contributed by atoms with Crippen LogP contribution in [-0.4, -0.2) is 53.9 Å². The van der Waals surface area contributed by atoms with Crippen molar-refractivity contribution in [1.82, 2.24) is 34.9 Å². The Labute approximate surface area is 211 Å². The number of nitrogens with one attached hydrogen (secondary N) is 1. The van der Waals surface area contributed by atoms with Crippen LogP contribution in [0.1, 0.15) is 68.6 Å². The Kier molecular flexibility index (Phi) is 6.20. The number of halogens is 3. The summed E-state index contributed by atoms with van der Waals surface area (Å²) in [5.41, 5.74) is 1.08. The average molecular weight is 513 g/mol. The number of aromatic nitrogens is 6. The Morgan fingerprint density at radius 3 is 2.51 bits per heavy atom. The van der Waals surface area contributed by atoms with Gasteiger partial charge in [0.2, 0.25) is 5.91 Å². The molecule has 0 saturated carbocycles.